The maximum absolute atomic E-state index is 15.0. The molecule has 2 aliphatic heterocycles. The summed E-state index contributed by atoms with van der Waals surface area (Å²) in [7, 11) is -3.48. The quantitative estimate of drug-likeness (QED) is 0.582. The first-order valence-electron chi connectivity index (χ1n) is 8.13. The van der Waals surface area contributed by atoms with Gasteiger partial charge in [-0.25, -0.2) is 30.8 Å². The number of hydrogen-bond donors (Lipinski definition) is 0. The monoisotopic (exact) mass is 395 g/mol. The number of carbonyl (C=O) groups is 1. The second kappa shape index (κ2) is 6.40. The normalized spacial score (nSPS) is 24.6. The molecular weight excluding hydrogens is 378 g/mol. The SMILES string of the molecule is CC[C@H]1CN(c2cc(F)c(C3(F)CCS(=O)(=O)CC3)c(F)c2F)C(=O)O1. The molecule has 0 N–H and O–H groups in total. The van der Waals surface area contributed by atoms with Crippen LogP contribution in [0.4, 0.5) is 28.0 Å². The molecule has 2 aliphatic rings. The van der Waals surface area contributed by atoms with E-state index in [1.165, 1.54) is 0 Å². The zero-order chi connectivity index (χ0) is 19.3. The molecule has 2 saturated heterocycles. The van der Waals surface area contributed by atoms with Crippen molar-refractivity contribution in [1.29, 1.82) is 0 Å². The molecule has 1 atom stereocenters. The minimum Gasteiger partial charge on any atom is -0.444 e. The van der Waals surface area contributed by atoms with E-state index in [0.29, 0.717) is 12.5 Å². The number of carbonyl (C=O) groups excluding carboxylic acids is 1. The van der Waals surface area contributed by atoms with Crippen LogP contribution in [0.1, 0.15) is 31.7 Å². The Balaban J connectivity index is 2.01. The van der Waals surface area contributed by atoms with Gasteiger partial charge in [-0.2, -0.15) is 0 Å². The maximum Gasteiger partial charge on any atom is 0.414 e. The number of ether oxygens (including phenoxy) is 1. The lowest BCUT2D eigenvalue weighted by Gasteiger charge is -2.31. The molecule has 1 aromatic carbocycles. The van der Waals surface area contributed by atoms with Crippen molar-refractivity contribution in [2.45, 2.75) is 38.0 Å². The molecule has 144 valence electrons. The summed E-state index contributed by atoms with van der Waals surface area (Å²) in [6, 6.07) is 0.553. The number of sulfone groups is 1. The minimum atomic E-state index is -3.48. The summed E-state index contributed by atoms with van der Waals surface area (Å²) in [6.07, 6.45) is -2.36. The number of benzene rings is 1. The fraction of sp³-hybridized carbons (Fsp3) is 0.562. The number of halogens is 4. The molecule has 5 nitrogen and oxygen atoms in total. The summed E-state index contributed by atoms with van der Waals surface area (Å²) in [5.41, 5.74) is -4.43. The zero-order valence-corrected chi connectivity index (χ0v) is 14.7. The average molecular weight is 395 g/mol. The Hall–Kier alpha value is -1.84. The van der Waals surface area contributed by atoms with Crippen LogP contribution in [0.5, 0.6) is 0 Å². The number of nitrogens with zero attached hydrogens (tertiary/aromatic N) is 1. The fourth-order valence-corrected chi connectivity index (χ4v) is 4.71. The third kappa shape index (κ3) is 3.15. The highest BCUT2D eigenvalue weighted by Crippen LogP contribution is 2.43. The van der Waals surface area contributed by atoms with Crippen LogP contribution in [-0.4, -0.2) is 38.7 Å². The summed E-state index contributed by atoms with van der Waals surface area (Å²) >= 11 is 0. The van der Waals surface area contributed by atoms with Gasteiger partial charge in [0.05, 0.1) is 29.3 Å². The van der Waals surface area contributed by atoms with Crippen molar-refractivity contribution >= 4 is 21.6 Å². The summed E-state index contributed by atoms with van der Waals surface area (Å²) in [6.45, 7) is 1.65. The lowest BCUT2D eigenvalue weighted by molar-refractivity contribution is 0.134. The minimum absolute atomic E-state index is 0.0799. The number of hydrogen-bond acceptors (Lipinski definition) is 4. The van der Waals surface area contributed by atoms with Crippen molar-refractivity contribution in [3.63, 3.8) is 0 Å². The van der Waals surface area contributed by atoms with Gasteiger partial charge in [0.15, 0.2) is 21.5 Å². The standard InChI is InChI=1S/C16H17F4NO4S/c1-2-9-8-21(15(22)25-9)11-7-10(17)12(14(19)13(11)18)16(20)3-5-26(23,24)6-4-16/h7,9H,2-6,8H2,1H3/t9-/m0/s1. The van der Waals surface area contributed by atoms with Crippen LogP contribution in [0.3, 0.4) is 0 Å². The van der Waals surface area contributed by atoms with E-state index in [4.69, 9.17) is 4.74 Å². The summed E-state index contributed by atoms with van der Waals surface area (Å²) in [4.78, 5) is 12.6. The van der Waals surface area contributed by atoms with Gasteiger partial charge in [-0.3, -0.25) is 4.90 Å². The van der Waals surface area contributed by atoms with E-state index >= 15 is 4.39 Å². The lowest BCUT2D eigenvalue weighted by Crippen LogP contribution is -2.36. The Morgan fingerprint density at radius 3 is 2.38 bits per heavy atom. The van der Waals surface area contributed by atoms with Gasteiger partial charge >= 0.3 is 6.09 Å². The van der Waals surface area contributed by atoms with Crippen molar-refractivity contribution in [2.24, 2.45) is 0 Å². The molecular formula is C16H17F4NO4S. The van der Waals surface area contributed by atoms with Crippen molar-refractivity contribution in [3.05, 3.63) is 29.1 Å². The van der Waals surface area contributed by atoms with Crippen molar-refractivity contribution in [3.8, 4) is 0 Å². The molecule has 1 aromatic rings. The van der Waals surface area contributed by atoms with Gasteiger partial charge in [-0.1, -0.05) is 6.92 Å². The predicted octanol–water partition coefficient (Wildman–Crippen LogP) is 3.21. The van der Waals surface area contributed by atoms with Gasteiger partial charge < -0.3 is 4.74 Å². The van der Waals surface area contributed by atoms with E-state index in [2.05, 4.69) is 0 Å². The molecule has 0 aliphatic carbocycles. The molecule has 0 aromatic heterocycles. The Morgan fingerprint density at radius 2 is 1.85 bits per heavy atom. The van der Waals surface area contributed by atoms with E-state index in [1.54, 1.807) is 6.92 Å². The third-order valence-electron chi connectivity index (χ3n) is 4.83. The summed E-state index contributed by atoms with van der Waals surface area (Å²) < 4.78 is 86.4. The smallest absolute Gasteiger partial charge is 0.414 e. The average Bonchev–Trinajstić information content (AvgIpc) is 2.95. The van der Waals surface area contributed by atoms with Crippen molar-refractivity contribution in [2.75, 3.05) is 23.0 Å². The van der Waals surface area contributed by atoms with Gasteiger partial charge in [0.25, 0.3) is 0 Å². The van der Waals surface area contributed by atoms with Crippen LogP contribution in [0, 0.1) is 17.5 Å². The fourth-order valence-electron chi connectivity index (χ4n) is 3.23. The van der Waals surface area contributed by atoms with Crippen LogP contribution in [-0.2, 0) is 20.2 Å². The number of alkyl halides is 1. The van der Waals surface area contributed by atoms with Crippen molar-refractivity contribution in [1.82, 2.24) is 0 Å². The number of anilines is 1. The Labute approximate surface area is 147 Å². The molecule has 0 radical (unpaired) electrons. The van der Waals surface area contributed by atoms with E-state index in [-0.39, 0.29) is 6.54 Å². The van der Waals surface area contributed by atoms with Crippen molar-refractivity contribution < 1.29 is 35.5 Å². The Morgan fingerprint density at radius 1 is 1.23 bits per heavy atom. The molecule has 0 spiro atoms. The van der Waals surface area contributed by atoms with Crippen LogP contribution < -0.4 is 4.90 Å². The number of rotatable bonds is 3. The van der Waals surface area contributed by atoms with E-state index in [0.717, 1.165) is 4.90 Å². The first kappa shape index (κ1) is 18.9. The molecule has 10 heteroatoms. The van der Waals surface area contributed by atoms with E-state index < -0.39 is 80.8 Å². The first-order chi connectivity index (χ1) is 12.1. The van der Waals surface area contributed by atoms with Gasteiger partial charge in [-0.15, -0.1) is 0 Å². The van der Waals surface area contributed by atoms with Crippen LogP contribution in [0.2, 0.25) is 0 Å². The second-order valence-corrected chi connectivity index (χ2v) is 8.83. The zero-order valence-electron chi connectivity index (χ0n) is 13.9. The number of amides is 1. The van der Waals surface area contributed by atoms with Gasteiger partial charge in [0, 0.05) is 6.07 Å². The Bertz CT molecular complexity index is 844. The van der Waals surface area contributed by atoms with E-state index in [1.807, 2.05) is 0 Å². The number of cyclic esters (lactones) is 1. The van der Waals surface area contributed by atoms with Crippen LogP contribution in [0.15, 0.2) is 6.07 Å². The molecule has 0 bridgehead atoms. The lowest BCUT2D eigenvalue weighted by atomic mass is 9.88. The molecule has 3 rings (SSSR count). The molecule has 26 heavy (non-hydrogen) atoms. The molecule has 0 saturated carbocycles. The predicted molar refractivity (Wildman–Crippen MR) is 84.9 cm³/mol. The Kier molecular flexibility index (Phi) is 4.66. The molecule has 0 unspecified atom stereocenters. The molecule has 2 fully saturated rings. The maximum atomic E-state index is 15.0. The van der Waals surface area contributed by atoms with Crippen LogP contribution in [0.25, 0.3) is 0 Å². The second-order valence-electron chi connectivity index (χ2n) is 6.52. The highest BCUT2D eigenvalue weighted by molar-refractivity contribution is 7.91. The third-order valence-corrected chi connectivity index (χ3v) is 6.48. The highest BCUT2D eigenvalue weighted by atomic mass is 32.2. The van der Waals surface area contributed by atoms with E-state index in [9.17, 15) is 26.4 Å². The van der Waals surface area contributed by atoms with Crippen LogP contribution >= 0.6 is 0 Å². The first-order valence-corrected chi connectivity index (χ1v) is 9.95. The van der Waals surface area contributed by atoms with Gasteiger partial charge in [-0.05, 0) is 19.3 Å². The van der Waals surface area contributed by atoms with Gasteiger partial charge in [0.2, 0.25) is 0 Å². The highest BCUT2D eigenvalue weighted by Gasteiger charge is 2.45. The summed E-state index contributed by atoms with van der Waals surface area (Å²) in [5.74, 6) is -5.85. The largest absolute Gasteiger partial charge is 0.444 e. The molecule has 1 amide bonds. The summed E-state index contributed by atoms with van der Waals surface area (Å²) in [5, 5.41) is 0. The molecule has 2 heterocycles. The van der Waals surface area contributed by atoms with Gasteiger partial charge in [0.1, 0.15) is 17.6 Å². The topological polar surface area (TPSA) is 63.7 Å².